The number of rotatable bonds is 3. The second kappa shape index (κ2) is 5.50. The fourth-order valence-corrected chi connectivity index (χ4v) is 2.19. The topological polar surface area (TPSA) is 34.0 Å². The quantitative estimate of drug-likeness (QED) is 0.945. The van der Waals surface area contributed by atoms with E-state index < -0.39 is 0 Å². The van der Waals surface area contributed by atoms with E-state index in [1.807, 2.05) is 43.4 Å². The van der Waals surface area contributed by atoms with Crippen molar-refractivity contribution in [1.82, 2.24) is 9.88 Å². The van der Waals surface area contributed by atoms with Crippen LogP contribution < -0.4 is 10.9 Å². The Morgan fingerprint density at radius 2 is 1.83 bits per heavy atom. The fourth-order valence-electron chi connectivity index (χ4n) is 1.92. The molecule has 1 aromatic carbocycles. The van der Waals surface area contributed by atoms with Crippen LogP contribution in [0.2, 0.25) is 0 Å². The van der Waals surface area contributed by atoms with Gasteiger partial charge in [-0.15, -0.1) is 0 Å². The Hall–Kier alpha value is -1.39. The Morgan fingerprint density at radius 1 is 1.17 bits per heavy atom. The van der Waals surface area contributed by atoms with E-state index in [4.69, 9.17) is 0 Å². The summed E-state index contributed by atoms with van der Waals surface area (Å²) in [5, 5.41) is 3.00. The predicted octanol–water partition coefficient (Wildman–Crippen LogP) is 2.53. The van der Waals surface area contributed by atoms with Crippen molar-refractivity contribution in [1.29, 1.82) is 0 Å². The van der Waals surface area contributed by atoms with Gasteiger partial charge in [-0.1, -0.05) is 34.1 Å². The molecular formula is C14H15BrN2O. The minimum Gasteiger partial charge on any atom is -0.315 e. The van der Waals surface area contributed by atoms with Gasteiger partial charge in [0.25, 0.3) is 5.56 Å². The normalized spacial score (nSPS) is 10.6. The molecule has 0 saturated carbocycles. The van der Waals surface area contributed by atoms with Crippen molar-refractivity contribution in [3.05, 3.63) is 56.8 Å². The number of halogens is 1. The van der Waals surface area contributed by atoms with E-state index in [0.29, 0.717) is 6.54 Å². The Bertz CT molecular complexity index is 602. The highest BCUT2D eigenvalue weighted by Gasteiger charge is 2.06. The summed E-state index contributed by atoms with van der Waals surface area (Å²) in [6.07, 6.45) is 0. The number of nitrogens with zero attached hydrogens (tertiary/aromatic N) is 1. The van der Waals surface area contributed by atoms with Gasteiger partial charge in [0, 0.05) is 23.6 Å². The summed E-state index contributed by atoms with van der Waals surface area (Å²) < 4.78 is 2.72. The van der Waals surface area contributed by atoms with E-state index in [0.717, 1.165) is 21.3 Å². The second-order valence-corrected chi connectivity index (χ2v) is 5.06. The summed E-state index contributed by atoms with van der Waals surface area (Å²) in [7, 11) is 3.64. The van der Waals surface area contributed by atoms with Crippen molar-refractivity contribution in [2.45, 2.75) is 6.54 Å². The largest absolute Gasteiger partial charge is 0.315 e. The average Bonchev–Trinajstić information content (AvgIpc) is 2.37. The molecule has 1 aromatic heterocycles. The molecule has 0 saturated heterocycles. The first-order valence-electron chi connectivity index (χ1n) is 5.73. The summed E-state index contributed by atoms with van der Waals surface area (Å²) in [5.41, 5.74) is 2.78. The zero-order chi connectivity index (χ0) is 13.1. The highest BCUT2D eigenvalue weighted by molar-refractivity contribution is 9.10. The number of benzene rings is 1. The van der Waals surface area contributed by atoms with Crippen LogP contribution in [0.3, 0.4) is 0 Å². The van der Waals surface area contributed by atoms with Crippen LogP contribution in [0.25, 0.3) is 11.3 Å². The molecule has 0 unspecified atom stereocenters. The molecule has 0 radical (unpaired) electrons. The van der Waals surface area contributed by atoms with Gasteiger partial charge < -0.3 is 9.88 Å². The van der Waals surface area contributed by atoms with Crippen LogP contribution in [0, 0.1) is 0 Å². The van der Waals surface area contributed by atoms with Crippen molar-refractivity contribution >= 4 is 15.9 Å². The lowest BCUT2D eigenvalue weighted by atomic mass is 10.1. The third-order valence-corrected chi connectivity index (χ3v) is 3.42. The molecule has 0 fully saturated rings. The maximum absolute atomic E-state index is 12.1. The van der Waals surface area contributed by atoms with Crippen LogP contribution in [-0.2, 0) is 13.6 Å². The Morgan fingerprint density at radius 3 is 2.44 bits per heavy atom. The molecule has 0 atom stereocenters. The van der Waals surface area contributed by atoms with Gasteiger partial charge in [0.2, 0.25) is 0 Å². The van der Waals surface area contributed by atoms with E-state index in [-0.39, 0.29) is 5.56 Å². The Labute approximate surface area is 115 Å². The van der Waals surface area contributed by atoms with Gasteiger partial charge in [-0.3, -0.25) is 4.79 Å². The molecule has 1 heterocycles. The molecule has 1 N–H and O–H groups in total. The number of aromatic nitrogens is 1. The van der Waals surface area contributed by atoms with Gasteiger partial charge in [0.15, 0.2) is 0 Å². The molecule has 0 amide bonds. The van der Waals surface area contributed by atoms with Crippen molar-refractivity contribution < 1.29 is 0 Å². The maximum Gasteiger partial charge on any atom is 0.255 e. The number of nitrogens with one attached hydrogen (secondary N) is 1. The molecule has 0 aliphatic carbocycles. The van der Waals surface area contributed by atoms with Crippen molar-refractivity contribution in [3.63, 3.8) is 0 Å². The molecule has 2 aromatic rings. The second-order valence-electron chi connectivity index (χ2n) is 4.15. The molecule has 0 spiro atoms. The van der Waals surface area contributed by atoms with Gasteiger partial charge in [-0.25, -0.2) is 0 Å². The zero-order valence-electron chi connectivity index (χ0n) is 10.4. The molecular weight excluding hydrogens is 292 g/mol. The monoisotopic (exact) mass is 306 g/mol. The lowest BCUT2D eigenvalue weighted by Gasteiger charge is -2.10. The van der Waals surface area contributed by atoms with E-state index in [1.54, 1.807) is 11.6 Å². The minimum atomic E-state index is 0.0461. The Kier molecular flexibility index (Phi) is 3.99. The zero-order valence-corrected chi connectivity index (χ0v) is 12.0. The highest BCUT2D eigenvalue weighted by Crippen LogP contribution is 2.20. The molecule has 0 aliphatic heterocycles. The molecule has 94 valence electrons. The van der Waals surface area contributed by atoms with Gasteiger partial charge in [-0.2, -0.15) is 0 Å². The first-order chi connectivity index (χ1) is 8.63. The van der Waals surface area contributed by atoms with Crippen molar-refractivity contribution in [3.8, 4) is 11.3 Å². The smallest absolute Gasteiger partial charge is 0.255 e. The van der Waals surface area contributed by atoms with Crippen LogP contribution in [0.15, 0.2) is 45.7 Å². The van der Waals surface area contributed by atoms with Gasteiger partial charge in [-0.05, 0) is 30.8 Å². The predicted molar refractivity (Wildman–Crippen MR) is 77.6 cm³/mol. The first-order valence-corrected chi connectivity index (χ1v) is 6.52. The number of hydrogen-bond donors (Lipinski definition) is 1. The number of hydrogen-bond acceptors (Lipinski definition) is 2. The SMILES string of the molecule is CNCc1ccc(-c2ccc(Br)cc2)n(C)c1=O. The minimum absolute atomic E-state index is 0.0461. The summed E-state index contributed by atoms with van der Waals surface area (Å²) >= 11 is 3.41. The van der Waals surface area contributed by atoms with E-state index in [1.165, 1.54) is 0 Å². The Balaban J connectivity index is 2.50. The van der Waals surface area contributed by atoms with E-state index in [2.05, 4.69) is 21.2 Å². The molecule has 0 bridgehead atoms. The van der Waals surface area contributed by atoms with Crippen LogP contribution in [0.5, 0.6) is 0 Å². The van der Waals surface area contributed by atoms with Gasteiger partial charge in [0.1, 0.15) is 0 Å². The molecule has 18 heavy (non-hydrogen) atoms. The average molecular weight is 307 g/mol. The maximum atomic E-state index is 12.1. The van der Waals surface area contributed by atoms with Crippen LogP contribution in [0.1, 0.15) is 5.56 Å². The molecule has 4 heteroatoms. The van der Waals surface area contributed by atoms with Crippen LogP contribution >= 0.6 is 15.9 Å². The fraction of sp³-hybridized carbons (Fsp3) is 0.214. The third kappa shape index (κ3) is 2.54. The van der Waals surface area contributed by atoms with Crippen LogP contribution in [0.4, 0.5) is 0 Å². The summed E-state index contributed by atoms with van der Waals surface area (Å²) in [6, 6.07) is 11.8. The third-order valence-electron chi connectivity index (χ3n) is 2.89. The van der Waals surface area contributed by atoms with Crippen molar-refractivity contribution in [2.75, 3.05) is 7.05 Å². The standard InChI is InChI=1S/C14H15BrN2O/c1-16-9-11-5-8-13(17(2)14(11)18)10-3-6-12(15)7-4-10/h3-8,16H,9H2,1-2H3. The van der Waals surface area contributed by atoms with Crippen molar-refractivity contribution in [2.24, 2.45) is 7.05 Å². The lowest BCUT2D eigenvalue weighted by molar-refractivity contribution is 0.772. The number of pyridine rings is 1. The summed E-state index contributed by atoms with van der Waals surface area (Å²) in [6.45, 7) is 0.591. The van der Waals surface area contributed by atoms with Crippen LogP contribution in [-0.4, -0.2) is 11.6 Å². The summed E-state index contributed by atoms with van der Waals surface area (Å²) in [5.74, 6) is 0. The lowest BCUT2D eigenvalue weighted by Crippen LogP contribution is -2.25. The highest BCUT2D eigenvalue weighted by atomic mass is 79.9. The van der Waals surface area contributed by atoms with Gasteiger partial charge in [0.05, 0.1) is 5.69 Å². The molecule has 0 aliphatic rings. The van der Waals surface area contributed by atoms with Gasteiger partial charge >= 0.3 is 0 Å². The van der Waals surface area contributed by atoms with E-state index in [9.17, 15) is 4.79 Å². The summed E-state index contributed by atoms with van der Waals surface area (Å²) in [4.78, 5) is 12.1. The molecule has 3 nitrogen and oxygen atoms in total. The molecule has 2 rings (SSSR count). The first kappa shape index (κ1) is 13.1. The van der Waals surface area contributed by atoms with E-state index >= 15 is 0 Å².